The van der Waals surface area contributed by atoms with Crippen LogP contribution >= 0.6 is 0 Å². The topological polar surface area (TPSA) is 129 Å². The van der Waals surface area contributed by atoms with Gasteiger partial charge in [0, 0.05) is 18.0 Å². The Morgan fingerprint density at radius 3 is 2.61 bits per heavy atom. The summed E-state index contributed by atoms with van der Waals surface area (Å²) in [4.78, 5) is 43.5. The van der Waals surface area contributed by atoms with Crippen molar-refractivity contribution in [3.63, 3.8) is 0 Å². The molecule has 0 aliphatic heterocycles. The monoisotopic (exact) mass is 387 g/mol. The van der Waals surface area contributed by atoms with Crippen molar-refractivity contribution in [2.75, 3.05) is 5.32 Å². The zero-order valence-corrected chi connectivity index (χ0v) is 14.5. The fourth-order valence-corrected chi connectivity index (χ4v) is 2.10. The molecule has 0 aliphatic carbocycles. The molecule has 0 spiro atoms. The Balaban J connectivity index is 1.61. The number of carbonyl (C=O) groups is 2. The molecule has 2 aromatic heterocycles. The third kappa shape index (κ3) is 4.63. The molecule has 0 bridgehead atoms. The van der Waals surface area contributed by atoms with E-state index in [1.54, 1.807) is 6.07 Å². The van der Waals surface area contributed by atoms with E-state index in [2.05, 4.69) is 20.4 Å². The first-order chi connectivity index (χ1) is 13.4. The van der Waals surface area contributed by atoms with E-state index in [-0.39, 0.29) is 11.8 Å². The summed E-state index contributed by atoms with van der Waals surface area (Å²) >= 11 is 0. The number of halogens is 1. The predicted octanol–water partition coefficient (Wildman–Crippen LogP) is 1.00. The van der Waals surface area contributed by atoms with Crippen molar-refractivity contribution in [1.29, 1.82) is 0 Å². The second-order valence-corrected chi connectivity index (χ2v) is 5.53. The molecule has 0 saturated carbocycles. The van der Waals surface area contributed by atoms with Crippen LogP contribution in [0.3, 0.4) is 0 Å². The van der Waals surface area contributed by atoms with Crippen LogP contribution in [-0.2, 0) is 20.9 Å². The molecule has 1 unspecified atom stereocenters. The fraction of sp³-hybridized carbons (Fsp3) is 0.176. The number of nitrogens with one attached hydrogen (secondary N) is 1. The Hall–Kier alpha value is -3.89. The molecule has 2 heterocycles. The van der Waals surface area contributed by atoms with Crippen LogP contribution in [0.1, 0.15) is 6.92 Å². The van der Waals surface area contributed by atoms with Crippen LogP contribution in [0.2, 0.25) is 0 Å². The van der Waals surface area contributed by atoms with E-state index in [1.165, 1.54) is 43.6 Å². The van der Waals surface area contributed by atoms with E-state index >= 15 is 0 Å². The van der Waals surface area contributed by atoms with Gasteiger partial charge in [-0.25, -0.2) is 19.2 Å². The summed E-state index contributed by atoms with van der Waals surface area (Å²) in [6.07, 6.45) is 1.72. The molecule has 1 amide bonds. The standard InChI is InChI=1S/C17H14FN5O5/c1-10(14(25)21-16-19-7-2-8-20-16)27-13(24)9-23-17(26)28-15(22-23)11-3-5-12(18)6-4-11/h2-8,10H,9H2,1H3,(H,19,20,21,25). The number of anilines is 1. The molecule has 0 radical (unpaired) electrons. The highest BCUT2D eigenvalue weighted by Crippen LogP contribution is 2.15. The maximum absolute atomic E-state index is 13.0. The second kappa shape index (κ2) is 8.20. The van der Waals surface area contributed by atoms with Crippen LogP contribution in [0.25, 0.3) is 11.5 Å². The zero-order valence-electron chi connectivity index (χ0n) is 14.5. The Bertz CT molecular complexity index is 1030. The van der Waals surface area contributed by atoms with Gasteiger partial charge in [0.1, 0.15) is 12.4 Å². The maximum atomic E-state index is 13.0. The average molecular weight is 387 g/mol. The van der Waals surface area contributed by atoms with Gasteiger partial charge < -0.3 is 9.15 Å². The Kier molecular flexibility index (Phi) is 5.53. The van der Waals surface area contributed by atoms with Crippen molar-refractivity contribution in [3.8, 4) is 11.5 Å². The van der Waals surface area contributed by atoms with Gasteiger partial charge in [0.2, 0.25) is 11.8 Å². The number of nitrogens with zero attached hydrogens (tertiary/aromatic N) is 4. The van der Waals surface area contributed by atoms with Crippen LogP contribution in [-0.4, -0.2) is 37.7 Å². The summed E-state index contributed by atoms with van der Waals surface area (Å²) < 4.78 is 23.6. The SMILES string of the molecule is CC(OC(=O)Cn1nc(-c2ccc(F)cc2)oc1=O)C(=O)Nc1ncccn1. The molecule has 28 heavy (non-hydrogen) atoms. The third-order valence-corrected chi connectivity index (χ3v) is 3.45. The molecule has 0 aliphatic rings. The lowest BCUT2D eigenvalue weighted by Gasteiger charge is -2.12. The molecule has 1 N–H and O–H groups in total. The summed E-state index contributed by atoms with van der Waals surface area (Å²) in [7, 11) is 0. The maximum Gasteiger partial charge on any atom is 0.437 e. The smallest absolute Gasteiger partial charge is 0.437 e. The van der Waals surface area contributed by atoms with Gasteiger partial charge in [-0.1, -0.05) is 0 Å². The van der Waals surface area contributed by atoms with E-state index in [9.17, 15) is 18.8 Å². The molecule has 11 heteroatoms. The fourth-order valence-electron chi connectivity index (χ4n) is 2.10. The molecule has 1 atom stereocenters. The molecule has 3 aromatic rings. The third-order valence-electron chi connectivity index (χ3n) is 3.45. The molecule has 3 rings (SSSR count). The van der Waals surface area contributed by atoms with Gasteiger partial charge in [0.05, 0.1) is 0 Å². The van der Waals surface area contributed by atoms with Gasteiger partial charge in [-0.15, -0.1) is 5.10 Å². The highest BCUT2D eigenvalue weighted by atomic mass is 19.1. The zero-order chi connectivity index (χ0) is 20.1. The number of hydrogen-bond donors (Lipinski definition) is 1. The van der Waals surface area contributed by atoms with Crippen molar-refractivity contribution in [3.05, 3.63) is 59.1 Å². The number of esters is 1. The number of amides is 1. The Labute approximate surface area is 157 Å². The first-order valence-corrected chi connectivity index (χ1v) is 8.03. The van der Waals surface area contributed by atoms with E-state index < -0.39 is 36.1 Å². The molecule has 1 aromatic carbocycles. The van der Waals surface area contributed by atoms with Gasteiger partial charge in [-0.3, -0.25) is 14.9 Å². The summed E-state index contributed by atoms with van der Waals surface area (Å²) in [6.45, 7) is 0.786. The van der Waals surface area contributed by atoms with Gasteiger partial charge in [0.25, 0.3) is 5.91 Å². The van der Waals surface area contributed by atoms with E-state index in [4.69, 9.17) is 9.15 Å². The summed E-state index contributed by atoms with van der Waals surface area (Å²) in [5.41, 5.74) is 0.362. The number of ether oxygens (including phenoxy) is 1. The first kappa shape index (κ1) is 18.9. The van der Waals surface area contributed by atoms with Gasteiger partial charge in [0.15, 0.2) is 6.10 Å². The lowest BCUT2D eigenvalue weighted by molar-refractivity contribution is -0.154. The summed E-state index contributed by atoms with van der Waals surface area (Å²) in [5, 5.41) is 6.24. The van der Waals surface area contributed by atoms with Gasteiger partial charge in [-0.2, -0.15) is 4.68 Å². The largest absolute Gasteiger partial charge is 0.451 e. The Morgan fingerprint density at radius 1 is 1.25 bits per heavy atom. The lowest BCUT2D eigenvalue weighted by Crippen LogP contribution is -2.33. The normalized spacial score (nSPS) is 11.6. The van der Waals surface area contributed by atoms with E-state index in [0.717, 1.165) is 4.68 Å². The van der Waals surface area contributed by atoms with Crippen molar-refractivity contribution in [2.24, 2.45) is 0 Å². The molecule has 144 valence electrons. The highest BCUT2D eigenvalue weighted by Gasteiger charge is 2.21. The highest BCUT2D eigenvalue weighted by molar-refractivity contribution is 5.93. The van der Waals surface area contributed by atoms with Crippen LogP contribution in [0.15, 0.2) is 51.9 Å². The van der Waals surface area contributed by atoms with Crippen molar-refractivity contribution >= 4 is 17.8 Å². The molecular weight excluding hydrogens is 373 g/mol. The molecule has 0 saturated heterocycles. The van der Waals surface area contributed by atoms with E-state index in [0.29, 0.717) is 5.56 Å². The molecule has 10 nitrogen and oxygen atoms in total. The van der Waals surface area contributed by atoms with Gasteiger partial charge >= 0.3 is 11.7 Å². The van der Waals surface area contributed by atoms with Crippen LogP contribution in [0, 0.1) is 5.82 Å². The van der Waals surface area contributed by atoms with Crippen molar-refractivity contribution < 1.29 is 23.1 Å². The number of aromatic nitrogens is 4. The molecular formula is C17H14FN5O5. The minimum absolute atomic E-state index is 0.0621. The van der Waals surface area contributed by atoms with Gasteiger partial charge in [-0.05, 0) is 37.3 Å². The van der Waals surface area contributed by atoms with E-state index in [1.807, 2.05) is 0 Å². The average Bonchev–Trinajstić information content (AvgIpc) is 3.03. The lowest BCUT2D eigenvalue weighted by atomic mass is 10.2. The summed E-state index contributed by atoms with van der Waals surface area (Å²) in [5.74, 6) is -2.89. The number of benzene rings is 1. The number of carbonyl (C=O) groups excluding carboxylic acids is 2. The van der Waals surface area contributed by atoms with Crippen molar-refractivity contribution in [2.45, 2.75) is 19.6 Å². The Morgan fingerprint density at radius 2 is 1.93 bits per heavy atom. The number of rotatable bonds is 6. The predicted molar refractivity (Wildman–Crippen MR) is 92.4 cm³/mol. The van der Waals surface area contributed by atoms with Crippen LogP contribution in [0.4, 0.5) is 10.3 Å². The first-order valence-electron chi connectivity index (χ1n) is 8.03. The quantitative estimate of drug-likeness (QED) is 0.620. The minimum Gasteiger partial charge on any atom is -0.451 e. The van der Waals surface area contributed by atoms with Crippen LogP contribution < -0.4 is 11.1 Å². The molecule has 0 fully saturated rings. The van der Waals surface area contributed by atoms with Crippen LogP contribution in [0.5, 0.6) is 0 Å². The minimum atomic E-state index is -1.16. The van der Waals surface area contributed by atoms with Crippen molar-refractivity contribution in [1.82, 2.24) is 19.7 Å². The second-order valence-electron chi connectivity index (χ2n) is 5.53. The summed E-state index contributed by atoms with van der Waals surface area (Å²) in [6, 6.07) is 6.69. The number of hydrogen-bond acceptors (Lipinski definition) is 8.